The van der Waals surface area contributed by atoms with Crippen LogP contribution < -0.4 is 10.1 Å². The van der Waals surface area contributed by atoms with Crippen molar-refractivity contribution in [2.24, 2.45) is 0 Å². The fourth-order valence-electron chi connectivity index (χ4n) is 1.83. The summed E-state index contributed by atoms with van der Waals surface area (Å²) in [6, 6.07) is 5.56. The van der Waals surface area contributed by atoms with Gasteiger partial charge in [0.15, 0.2) is 6.61 Å². The molecule has 0 spiro atoms. The van der Waals surface area contributed by atoms with Crippen LogP contribution in [0.1, 0.15) is 10.6 Å². The van der Waals surface area contributed by atoms with Crippen molar-refractivity contribution in [1.82, 2.24) is 0 Å². The Morgan fingerprint density at radius 1 is 1.15 bits per heavy atom. The molecule has 0 atom stereocenters. The van der Waals surface area contributed by atoms with Crippen molar-refractivity contribution < 1.29 is 33.3 Å². The minimum Gasteiger partial charge on any atom is -0.495 e. The number of ether oxygens (including phenoxy) is 2. The molecule has 2 aromatic rings. The van der Waals surface area contributed by atoms with Crippen molar-refractivity contribution in [3.05, 3.63) is 56.3 Å². The predicted octanol–water partition coefficient (Wildman–Crippen LogP) is 1.90. The van der Waals surface area contributed by atoms with Gasteiger partial charge in [0.05, 0.1) is 23.8 Å². The standard InChI is InChI=1S/C14H11N3O9/c1-24-10-3-2-8(16(20)21)6-9(10)15-12(18)7-25-14(19)11-4-5-13(26-11)17(22)23/h2-6H,7H2,1H3,(H,15,18). The smallest absolute Gasteiger partial charge is 0.433 e. The molecule has 0 aliphatic carbocycles. The fourth-order valence-corrected chi connectivity index (χ4v) is 1.83. The van der Waals surface area contributed by atoms with Crippen LogP contribution in [0, 0.1) is 20.2 Å². The number of amides is 1. The molecule has 0 saturated heterocycles. The Hall–Kier alpha value is -3.96. The van der Waals surface area contributed by atoms with Crippen molar-refractivity contribution in [2.75, 3.05) is 19.0 Å². The molecule has 0 aliphatic heterocycles. The molecule has 0 bridgehead atoms. The highest BCUT2D eigenvalue weighted by atomic mass is 16.7. The third kappa shape index (κ3) is 4.31. The van der Waals surface area contributed by atoms with E-state index in [1.54, 1.807) is 0 Å². The van der Waals surface area contributed by atoms with E-state index < -0.39 is 40.0 Å². The lowest BCUT2D eigenvalue weighted by molar-refractivity contribution is -0.402. The SMILES string of the molecule is COc1ccc([N+](=O)[O-])cc1NC(=O)COC(=O)c1ccc([N+](=O)[O-])o1. The second-order valence-corrected chi connectivity index (χ2v) is 4.66. The molecule has 1 heterocycles. The number of rotatable bonds is 7. The lowest BCUT2D eigenvalue weighted by atomic mass is 10.2. The van der Waals surface area contributed by atoms with Gasteiger partial charge in [-0.1, -0.05) is 0 Å². The highest BCUT2D eigenvalue weighted by molar-refractivity contribution is 5.96. The zero-order chi connectivity index (χ0) is 19.3. The second kappa shape index (κ2) is 7.74. The molecule has 0 unspecified atom stereocenters. The molecular formula is C14H11N3O9. The predicted molar refractivity (Wildman–Crippen MR) is 83.9 cm³/mol. The van der Waals surface area contributed by atoms with Crippen LogP contribution >= 0.6 is 0 Å². The summed E-state index contributed by atoms with van der Waals surface area (Å²) in [6.07, 6.45) is 0. The summed E-state index contributed by atoms with van der Waals surface area (Å²) in [7, 11) is 1.31. The zero-order valence-electron chi connectivity index (χ0n) is 13.2. The van der Waals surface area contributed by atoms with Crippen LogP contribution in [0.15, 0.2) is 34.7 Å². The van der Waals surface area contributed by atoms with Crippen LogP contribution in [0.3, 0.4) is 0 Å². The van der Waals surface area contributed by atoms with E-state index >= 15 is 0 Å². The Bertz CT molecular complexity index is 874. The van der Waals surface area contributed by atoms with Gasteiger partial charge in [0, 0.05) is 12.1 Å². The first-order valence-electron chi connectivity index (χ1n) is 6.85. The zero-order valence-corrected chi connectivity index (χ0v) is 13.2. The third-order valence-corrected chi connectivity index (χ3v) is 2.98. The maximum Gasteiger partial charge on any atom is 0.433 e. The molecule has 12 heteroatoms. The summed E-state index contributed by atoms with van der Waals surface area (Å²) in [5, 5.41) is 23.6. The van der Waals surface area contributed by atoms with Crippen molar-refractivity contribution >= 4 is 29.1 Å². The first-order valence-corrected chi connectivity index (χ1v) is 6.85. The van der Waals surface area contributed by atoms with Gasteiger partial charge in [-0.05, 0) is 12.1 Å². The van der Waals surface area contributed by atoms with E-state index in [4.69, 9.17) is 4.74 Å². The molecule has 26 heavy (non-hydrogen) atoms. The molecule has 0 saturated carbocycles. The van der Waals surface area contributed by atoms with Gasteiger partial charge in [-0.2, -0.15) is 0 Å². The monoisotopic (exact) mass is 365 g/mol. The number of nitro benzene ring substituents is 1. The van der Waals surface area contributed by atoms with Crippen molar-refractivity contribution in [3.63, 3.8) is 0 Å². The fraction of sp³-hybridized carbons (Fsp3) is 0.143. The minimum absolute atomic E-state index is 0.0105. The summed E-state index contributed by atoms with van der Waals surface area (Å²) < 4.78 is 14.3. The molecule has 0 radical (unpaired) electrons. The molecule has 1 N–H and O–H groups in total. The van der Waals surface area contributed by atoms with Crippen molar-refractivity contribution in [2.45, 2.75) is 0 Å². The molecule has 1 aromatic carbocycles. The number of hydrogen-bond acceptors (Lipinski definition) is 9. The maximum absolute atomic E-state index is 11.9. The summed E-state index contributed by atoms with van der Waals surface area (Å²) in [5.74, 6) is -2.82. The lowest BCUT2D eigenvalue weighted by Gasteiger charge is -2.10. The van der Waals surface area contributed by atoms with Gasteiger partial charge in [0.2, 0.25) is 5.76 Å². The molecule has 1 amide bonds. The average molecular weight is 365 g/mol. The third-order valence-electron chi connectivity index (χ3n) is 2.98. The minimum atomic E-state index is -1.08. The van der Waals surface area contributed by atoms with Crippen LogP contribution in [-0.2, 0) is 9.53 Å². The first kappa shape index (κ1) is 18.4. The normalized spacial score (nSPS) is 10.0. The lowest BCUT2D eigenvalue weighted by Crippen LogP contribution is -2.21. The van der Waals surface area contributed by atoms with Gasteiger partial charge in [-0.15, -0.1) is 0 Å². The molecule has 0 aliphatic rings. The van der Waals surface area contributed by atoms with E-state index in [1.165, 1.54) is 19.2 Å². The van der Waals surface area contributed by atoms with Gasteiger partial charge in [0.25, 0.3) is 11.6 Å². The number of carbonyl (C=O) groups excluding carboxylic acids is 2. The number of hydrogen-bond donors (Lipinski definition) is 1. The van der Waals surface area contributed by atoms with Gasteiger partial charge < -0.3 is 19.2 Å². The molecular weight excluding hydrogens is 354 g/mol. The van der Waals surface area contributed by atoms with Gasteiger partial charge in [-0.25, -0.2) is 4.79 Å². The average Bonchev–Trinajstić information content (AvgIpc) is 3.10. The number of nitrogens with zero attached hydrogens (tertiary/aromatic N) is 2. The van der Waals surface area contributed by atoms with E-state index in [0.29, 0.717) is 0 Å². The number of nitrogens with one attached hydrogen (secondary N) is 1. The Morgan fingerprint density at radius 2 is 1.88 bits per heavy atom. The maximum atomic E-state index is 11.9. The summed E-state index contributed by atoms with van der Waals surface area (Å²) >= 11 is 0. The van der Waals surface area contributed by atoms with E-state index in [9.17, 15) is 29.8 Å². The number of benzene rings is 1. The van der Waals surface area contributed by atoms with E-state index in [2.05, 4.69) is 14.5 Å². The number of carbonyl (C=O) groups is 2. The van der Waals surface area contributed by atoms with E-state index in [-0.39, 0.29) is 17.1 Å². The number of methoxy groups -OCH3 is 1. The van der Waals surface area contributed by atoms with Crippen molar-refractivity contribution in [1.29, 1.82) is 0 Å². The van der Waals surface area contributed by atoms with Crippen LogP contribution in [0.5, 0.6) is 5.75 Å². The molecule has 136 valence electrons. The van der Waals surface area contributed by atoms with E-state index in [1.807, 2.05) is 0 Å². The largest absolute Gasteiger partial charge is 0.495 e. The number of esters is 1. The number of nitro groups is 2. The molecule has 12 nitrogen and oxygen atoms in total. The van der Waals surface area contributed by atoms with Crippen molar-refractivity contribution in [3.8, 4) is 5.75 Å². The van der Waals surface area contributed by atoms with Crippen LogP contribution in [0.2, 0.25) is 0 Å². The Labute approximate surface area is 144 Å². The second-order valence-electron chi connectivity index (χ2n) is 4.66. The molecule has 1 aromatic heterocycles. The summed E-state index contributed by atoms with van der Waals surface area (Å²) in [5.41, 5.74) is -0.266. The Kier molecular flexibility index (Phi) is 5.47. The van der Waals surface area contributed by atoms with Crippen LogP contribution in [0.25, 0.3) is 0 Å². The first-order chi connectivity index (χ1) is 12.3. The summed E-state index contributed by atoms with van der Waals surface area (Å²) in [4.78, 5) is 43.3. The van der Waals surface area contributed by atoms with Gasteiger partial charge >= 0.3 is 11.9 Å². The molecule has 0 fully saturated rings. The number of anilines is 1. The topological polar surface area (TPSA) is 164 Å². The highest BCUT2D eigenvalue weighted by Gasteiger charge is 2.20. The Morgan fingerprint density at radius 3 is 2.46 bits per heavy atom. The quantitative estimate of drug-likeness (QED) is 0.438. The number of furan rings is 1. The van der Waals surface area contributed by atoms with Crippen LogP contribution in [0.4, 0.5) is 17.3 Å². The van der Waals surface area contributed by atoms with Gasteiger partial charge in [-0.3, -0.25) is 25.0 Å². The van der Waals surface area contributed by atoms with Crippen LogP contribution in [-0.4, -0.2) is 35.4 Å². The molecule has 2 rings (SSSR count). The summed E-state index contributed by atoms with van der Waals surface area (Å²) in [6.45, 7) is -0.751. The van der Waals surface area contributed by atoms with E-state index in [0.717, 1.165) is 18.2 Å². The number of non-ortho nitro benzene ring substituents is 1. The Balaban J connectivity index is 2.00. The highest BCUT2D eigenvalue weighted by Crippen LogP contribution is 2.28. The van der Waals surface area contributed by atoms with Gasteiger partial charge in [0.1, 0.15) is 10.7 Å².